The van der Waals surface area contributed by atoms with E-state index in [0.717, 1.165) is 17.7 Å². The number of benzene rings is 2. The molecule has 0 unspecified atom stereocenters. The minimum atomic E-state index is 0.317. The van der Waals surface area contributed by atoms with Crippen molar-refractivity contribution in [3.63, 3.8) is 0 Å². The van der Waals surface area contributed by atoms with Crippen molar-refractivity contribution in [1.29, 1.82) is 0 Å². The Labute approximate surface area is 144 Å². The van der Waals surface area contributed by atoms with Crippen LogP contribution in [0.5, 0.6) is 11.5 Å². The molecule has 118 valence electrons. The van der Waals surface area contributed by atoms with Crippen LogP contribution in [0.3, 0.4) is 0 Å². The van der Waals surface area contributed by atoms with Gasteiger partial charge in [0.15, 0.2) is 5.75 Å². The predicted molar refractivity (Wildman–Crippen MR) is 91.7 cm³/mol. The second-order valence-corrected chi connectivity index (χ2v) is 5.79. The van der Waals surface area contributed by atoms with Gasteiger partial charge in [0.25, 0.3) is 0 Å². The van der Waals surface area contributed by atoms with Gasteiger partial charge in [0.1, 0.15) is 19.0 Å². The topological polar surface area (TPSA) is 44.5 Å². The van der Waals surface area contributed by atoms with Crippen molar-refractivity contribution in [2.45, 2.75) is 6.42 Å². The zero-order valence-electron chi connectivity index (χ0n) is 11.8. The molecule has 2 aromatic rings. The molecule has 2 rings (SSSR count). The van der Waals surface area contributed by atoms with Gasteiger partial charge in [-0.1, -0.05) is 53.0 Å². The van der Waals surface area contributed by atoms with Gasteiger partial charge in [0, 0.05) is 5.02 Å². The van der Waals surface area contributed by atoms with E-state index in [1.807, 2.05) is 24.3 Å². The van der Waals surface area contributed by atoms with Crippen molar-refractivity contribution in [2.75, 3.05) is 19.8 Å². The van der Waals surface area contributed by atoms with Gasteiger partial charge >= 0.3 is 0 Å². The van der Waals surface area contributed by atoms with Crippen molar-refractivity contribution >= 4 is 34.8 Å². The largest absolute Gasteiger partial charge is 0.490 e. The molecular formula is C16H16Cl3NO2. The van der Waals surface area contributed by atoms with E-state index in [1.165, 1.54) is 0 Å². The standard InChI is InChI=1S/C16H16Cl3NO2/c17-12-9-13(18)16(14(19)10-12)22-8-7-21-15-4-2-1-3-11(15)5-6-20/h1-4,9-10H,5-8,20H2. The van der Waals surface area contributed by atoms with Crippen LogP contribution in [-0.2, 0) is 6.42 Å². The molecule has 0 bridgehead atoms. The first-order valence-electron chi connectivity index (χ1n) is 6.80. The van der Waals surface area contributed by atoms with Crippen LogP contribution in [0.2, 0.25) is 15.1 Å². The van der Waals surface area contributed by atoms with E-state index in [2.05, 4.69) is 0 Å². The summed E-state index contributed by atoms with van der Waals surface area (Å²) >= 11 is 17.9. The molecule has 2 N–H and O–H groups in total. The van der Waals surface area contributed by atoms with Gasteiger partial charge in [-0.15, -0.1) is 0 Å². The lowest BCUT2D eigenvalue weighted by molar-refractivity contribution is 0.216. The summed E-state index contributed by atoms with van der Waals surface area (Å²) in [5.41, 5.74) is 6.66. The van der Waals surface area contributed by atoms with Gasteiger partial charge in [-0.05, 0) is 36.7 Å². The van der Waals surface area contributed by atoms with E-state index in [4.69, 9.17) is 50.0 Å². The molecule has 0 amide bonds. The third-order valence-corrected chi connectivity index (χ3v) is 3.72. The minimum Gasteiger partial charge on any atom is -0.490 e. The SMILES string of the molecule is NCCc1ccccc1OCCOc1c(Cl)cc(Cl)cc1Cl. The average molecular weight is 361 g/mol. The average Bonchev–Trinajstić information content (AvgIpc) is 2.47. The fraction of sp³-hybridized carbons (Fsp3) is 0.250. The summed E-state index contributed by atoms with van der Waals surface area (Å²) in [6, 6.07) is 11.0. The molecule has 0 aliphatic carbocycles. The molecular weight excluding hydrogens is 345 g/mol. The highest BCUT2D eigenvalue weighted by Crippen LogP contribution is 2.35. The lowest BCUT2D eigenvalue weighted by Gasteiger charge is -2.13. The van der Waals surface area contributed by atoms with E-state index in [9.17, 15) is 0 Å². The number of rotatable bonds is 7. The molecule has 6 heteroatoms. The smallest absolute Gasteiger partial charge is 0.156 e. The van der Waals surface area contributed by atoms with Crippen molar-refractivity contribution in [3.05, 3.63) is 57.0 Å². The zero-order valence-corrected chi connectivity index (χ0v) is 14.1. The number of halogens is 3. The van der Waals surface area contributed by atoms with Crippen molar-refractivity contribution < 1.29 is 9.47 Å². The molecule has 0 radical (unpaired) electrons. The van der Waals surface area contributed by atoms with E-state index < -0.39 is 0 Å². The van der Waals surface area contributed by atoms with Crippen LogP contribution in [0.15, 0.2) is 36.4 Å². The van der Waals surface area contributed by atoms with Crippen molar-refractivity contribution in [2.24, 2.45) is 5.73 Å². The summed E-state index contributed by atoms with van der Waals surface area (Å²) in [7, 11) is 0. The maximum atomic E-state index is 6.05. The maximum Gasteiger partial charge on any atom is 0.156 e. The molecule has 0 saturated carbocycles. The van der Waals surface area contributed by atoms with Gasteiger partial charge in [-0.2, -0.15) is 0 Å². The first kappa shape index (κ1) is 17.2. The summed E-state index contributed by atoms with van der Waals surface area (Å²) in [5.74, 6) is 1.22. The van der Waals surface area contributed by atoms with Crippen LogP contribution >= 0.6 is 34.8 Å². The Kier molecular flexibility index (Phi) is 6.65. The third-order valence-electron chi connectivity index (χ3n) is 2.94. The van der Waals surface area contributed by atoms with Gasteiger partial charge in [-0.25, -0.2) is 0 Å². The summed E-state index contributed by atoms with van der Waals surface area (Å²) in [5, 5.41) is 1.22. The normalized spacial score (nSPS) is 10.5. The molecule has 22 heavy (non-hydrogen) atoms. The van der Waals surface area contributed by atoms with E-state index in [-0.39, 0.29) is 0 Å². The first-order valence-corrected chi connectivity index (χ1v) is 7.93. The lowest BCUT2D eigenvalue weighted by atomic mass is 10.1. The van der Waals surface area contributed by atoms with Crippen LogP contribution in [0.4, 0.5) is 0 Å². The highest BCUT2D eigenvalue weighted by atomic mass is 35.5. The second kappa shape index (κ2) is 8.49. The minimum absolute atomic E-state index is 0.317. The predicted octanol–water partition coefficient (Wildman–Crippen LogP) is 4.61. The molecule has 0 spiro atoms. The van der Waals surface area contributed by atoms with Crippen LogP contribution in [0, 0.1) is 0 Å². The molecule has 2 aromatic carbocycles. The second-order valence-electron chi connectivity index (χ2n) is 4.54. The van der Waals surface area contributed by atoms with Gasteiger partial charge in [0.05, 0.1) is 10.0 Å². The Bertz CT molecular complexity index is 612. The van der Waals surface area contributed by atoms with Gasteiger partial charge in [0.2, 0.25) is 0 Å². The van der Waals surface area contributed by atoms with Gasteiger partial charge < -0.3 is 15.2 Å². The molecule has 0 saturated heterocycles. The molecule has 0 fully saturated rings. The molecule has 3 nitrogen and oxygen atoms in total. The highest BCUT2D eigenvalue weighted by Gasteiger charge is 2.09. The number of ether oxygens (including phenoxy) is 2. The van der Waals surface area contributed by atoms with Crippen LogP contribution in [-0.4, -0.2) is 19.8 Å². The fourth-order valence-corrected chi connectivity index (χ4v) is 2.89. The Morgan fingerprint density at radius 1 is 0.909 bits per heavy atom. The van der Waals surface area contributed by atoms with Gasteiger partial charge in [-0.3, -0.25) is 0 Å². The third kappa shape index (κ3) is 4.68. The Morgan fingerprint density at radius 3 is 2.23 bits per heavy atom. The Hall–Kier alpha value is -1.13. The molecule has 0 atom stereocenters. The van der Waals surface area contributed by atoms with E-state index in [0.29, 0.717) is 40.6 Å². The zero-order chi connectivity index (χ0) is 15.9. The Balaban J connectivity index is 1.90. The number of hydrogen-bond donors (Lipinski definition) is 1. The van der Waals surface area contributed by atoms with Crippen LogP contribution in [0.25, 0.3) is 0 Å². The van der Waals surface area contributed by atoms with E-state index >= 15 is 0 Å². The molecule has 0 aliphatic heterocycles. The summed E-state index contributed by atoms with van der Waals surface area (Å²) < 4.78 is 11.3. The van der Waals surface area contributed by atoms with Crippen LogP contribution in [0.1, 0.15) is 5.56 Å². The summed E-state index contributed by atoms with van der Waals surface area (Å²) in [6.45, 7) is 1.27. The number of hydrogen-bond acceptors (Lipinski definition) is 3. The quantitative estimate of drug-likeness (QED) is 0.734. The lowest BCUT2D eigenvalue weighted by Crippen LogP contribution is -2.11. The molecule has 0 aromatic heterocycles. The van der Waals surface area contributed by atoms with Crippen molar-refractivity contribution in [1.82, 2.24) is 0 Å². The number of para-hydroxylation sites is 1. The monoisotopic (exact) mass is 359 g/mol. The number of nitrogens with two attached hydrogens (primary N) is 1. The van der Waals surface area contributed by atoms with Crippen LogP contribution < -0.4 is 15.2 Å². The van der Waals surface area contributed by atoms with E-state index in [1.54, 1.807) is 12.1 Å². The molecule has 0 heterocycles. The summed E-state index contributed by atoms with van der Waals surface area (Å²) in [4.78, 5) is 0. The Morgan fingerprint density at radius 2 is 1.55 bits per heavy atom. The maximum absolute atomic E-state index is 6.05. The summed E-state index contributed by atoms with van der Waals surface area (Å²) in [6.07, 6.45) is 0.770. The highest BCUT2D eigenvalue weighted by molar-refractivity contribution is 6.40. The van der Waals surface area contributed by atoms with Crippen molar-refractivity contribution in [3.8, 4) is 11.5 Å². The fourth-order valence-electron chi connectivity index (χ4n) is 1.97. The molecule has 0 aliphatic rings. The first-order chi connectivity index (χ1) is 10.6.